The first-order chi connectivity index (χ1) is 13.2. The number of rotatable bonds is 4. The SMILES string of the molecule is CC#CCn1c(=O)n(-c2ccsc2)c2nc(OC)nc(N3CCNCC3)c21. The van der Waals surface area contributed by atoms with Crippen molar-refractivity contribution in [2.45, 2.75) is 13.5 Å². The third-order valence-electron chi connectivity index (χ3n) is 4.51. The number of fused-ring (bicyclic) bond motifs is 1. The van der Waals surface area contributed by atoms with E-state index < -0.39 is 0 Å². The average Bonchev–Trinajstić information content (AvgIpc) is 3.32. The highest BCUT2D eigenvalue weighted by Crippen LogP contribution is 2.28. The molecule has 27 heavy (non-hydrogen) atoms. The number of nitrogens with one attached hydrogen (secondary N) is 1. The van der Waals surface area contributed by atoms with E-state index in [1.165, 1.54) is 18.4 Å². The summed E-state index contributed by atoms with van der Waals surface area (Å²) in [6, 6.07) is 2.15. The Morgan fingerprint density at radius 2 is 2.15 bits per heavy atom. The molecule has 1 saturated heterocycles. The molecule has 0 saturated carbocycles. The van der Waals surface area contributed by atoms with Gasteiger partial charge in [-0.25, -0.2) is 9.36 Å². The summed E-state index contributed by atoms with van der Waals surface area (Å²) in [5.41, 5.74) is 1.84. The average molecular weight is 384 g/mol. The molecular formula is C18H20N6O2S. The van der Waals surface area contributed by atoms with Crippen molar-refractivity contribution in [3.63, 3.8) is 0 Å². The van der Waals surface area contributed by atoms with Crippen molar-refractivity contribution >= 4 is 28.3 Å². The number of hydrogen-bond donors (Lipinski definition) is 1. The molecule has 0 spiro atoms. The fourth-order valence-electron chi connectivity index (χ4n) is 3.23. The van der Waals surface area contributed by atoms with Gasteiger partial charge in [-0.05, 0) is 18.4 Å². The summed E-state index contributed by atoms with van der Waals surface area (Å²) in [5.74, 6) is 6.58. The van der Waals surface area contributed by atoms with Gasteiger partial charge in [0.05, 0.1) is 19.3 Å². The van der Waals surface area contributed by atoms with Crippen molar-refractivity contribution in [2.75, 3.05) is 38.2 Å². The van der Waals surface area contributed by atoms with Crippen LogP contribution in [0, 0.1) is 11.8 Å². The first-order valence-electron chi connectivity index (χ1n) is 8.69. The molecule has 0 unspecified atom stereocenters. The van der Waals surface area contributed by atoms with E-state index in [9.17, 15) is 4.79 Å². The van der Waals surface area contributed by atoms with E-state index in [1.54, 1.807) is 16.1 Å². The number of nitrogens with zero attached hydrogens (tertiary/aromatic N) is 5. The molecule has 3 aromatic heterocycles. The minimum absolute atomic E-state index is 0.176. The van der Waals surface area contributed by atoms with Crippen LogP contribution in [0.15, 0.2) is 21.6 Å². The number of aromatic nitrogens is 4. The summed E-state index contributed by atoms with van der Waals surface area (Å²) in [5, 5.41) is 7.20. The second-order valence-electron chi connectivity index (χ2n) is 6.06. The van der Waals surface area contributed by atoms with Crippen molar-refractivity contribution in [1.29, 1.82) is 0 Å². The lowest BCUT2D eigenvalue weighted by atomic mass is 10.3. The summed E-state index contributed by atoms with van der Waals surface area (Å²) >= 11 is 1.53. The van der Waals surface area contributed by atoms with Crippen LogP contribution in [0.3, 0.4) is 0 Å². The molecular weight excluding hydrogens is 364 g/mol. The molecule has 9 heteroatoms. The molecule has 1 N–H and O–H groups in total. The quantitative estimate of drug-likeness (QED) is 0.679. The first-order valence-corrected chi connectivity index (χ1v) is 9.64. The molecule has 0 bridgehead atoms. The fourth-order valence-corrected chi connectivity index (χ4v) is 3.85. The second kappa shape index (κ2) is 7.42. The number of imidazole rings is 1. The number of thiophene rings is 1. The van der Waals surface area contributed by atoms with E-state index in [1.807, 2.05) is 16.8 Å². The molecule has 1 fully saturated rings. The van der Waals surface area contributed by atoms with E-state index >= 15 is 0 Å². The van der Waals surface area contributed by atoms with Gasteiger partial charge < -0.3 is 15.0 Å². The zero-order valence-corrected chi connectivity index (χ0v) is 16.0. The maximum atomic E-state index is 13.3. The second-order valence-corrected chi connectivity index (χ2v) is 6.84. The lowest BCUT2D eigenvalue weighted by Gasteiger charge is -2.29. The number of piperazine rings is 1. The number of methoxy groups -OCH3 is 1. The molecule has 0 atom stereocenters. The minimum Gasteiger partial charge on any atom is -0.467 e. The van der Waals surface area contributed by atoms with Crippen LogP contribution in [0.1, 0.15) is 6.92 Å². The van der Waals surface area contributed by atoms with Crippen molar-refractivity contribution in [2.24, 2.45) is 0 Å². The van der Waals surface area contributed by atoms with Crippen LogP contribution in [0.25, 0.3) is 16.9 Å². The summed E-state index contributed by atoms with van der Waals surface area (Å²) in [7, 11) is 1.54. The van der Waals surface area contributed by atoms with Crippen LogP contribution in [0.4, 0.5) is 5.82 Å². The molecule has 3 aromatic rings. The lowest BCUT2D eigenvalue weighted by Crippen LogP contribution is -2.44. The Balaban J connectivity index is 2.05. The summed E-state index contributed by atoms with van der Waals surface area (Å²) < 4.78 is 8.61. The van der Waals surface area contributed by atoms with Crippen LogP contribution < -0.4 is 20.6 Å². The number of ether oxygens (including phenoxy) is 1. The molecule has 4 heterocycles. The fraction of sp³-hybridized carbons (Fsp3) is 0.389. The maximum Gasteiger partial charge on any atom is 0.335 e. The van der Waals surface area contributed by atoms with Gasteiger partial charge in [-0.3, -0.25) is 4.57 Å². The van der Waals surface area contributed by atoms with Crippen LogP contribution in [-0.4, -0.2) is 52.4 Å². The number of anilines is 1. The van der Waals surface area contributed by atoms with Crippen LogP contribution in [-0.2, 0) is 6.54 Å². The Kier molecular flexibility index (Phi) is 4.83. The van der Waals surface area contributed by atoms with Crippen molar-refractivity contribution in [1.82, 2.24) is 24.4 Å². The smallest absolute Gasteiger partial charge is 0.335 e. The van der Waals surface area contributed by atoms with Gasteiger partial charge in [0.25, 0.3) is 0 Å². The van der Waals surface area contributed by atoms with E-state index in [4.69, 9.17) is 4.74 Å². The molecule has 0 aromatic carbocycles. The molecule has 1 aliphatic heterocycles. The Hall–Kier alpha value is -2.83. The summed E-state index contributed by atoms with van der Waals surface area (Å²) in [6.45, 7) is 5.37. The maximum absolute atomic E-state index is 13.3. The molecule has 140 valence electrons. The van der Waals surface area contributed by atoms with Crippen LogP contribution in [0.2, 0.25) is 0 Å². The van der Waals surface area contributed by atoms with E-state index in [0.29, 0.717) is 17.0 Å². The lowest BCUT2D eigenvalue weighted by molar-refractivity contribution is 0.381. The molecule has 1 aliphatic rings. The van der Waals surface area contributed by atoms with Gasteiger partial charge in [0.2, 0.25) is 0 Å². The predicted octanol–water partition coefficient (Wildman–Crippen LogP) is 1.09. The Morgan fingerprint density at radius 1 is 1.33 bits per heavy atom. The molecule has 8 nitrogen and oxygen atoms in total. The highest BCUT2D eigenvalue weighted by molar-refractivity contribution is 7.08. The topological polar surface area (TPSA) is 77.2 Å². The third-order valence-corrected chi connectivity index (χ3v) is 5.18. The van der Waals surface area contributed by atoms with E-state index in [-0.39, 0.29) is 18.2 Å². The Bertz CT molecular complexity index is 1070. The van der Waals surface area contributed by atoms with Gasteiger partial charge in [0.1, 0.15) is 5.52 Å². The zero-order chi connectivity index (χ0) is 18.8. The zero-order valence-electron chi connectivity index (χ0n) is 15.2. The Labute approximate surface area is 160 Å². The normalized spacial score (nSPS) is 14.2. The standard InChI is InChI=1S/C18H20N6O2S/c1-3-4-8-23-14-15(22-9-6-19-7-10-22)20-17(26-2)21-16(14)24(18(23)25)13-5-11-27-12-13/h5,11-12,19H,6-10H2,1-2H3. The molecule has 4 rings (SSSR count). The summed E-state index contributed by atoms with van der Waals surface area (Å²) in [6.07, 6.45) is 0. The minimum atomic E-state index is -0.176. The van der Waals surface area contributed by atoms with Crippen molar-refractivity contribution in [3.05, 3.63) is 27.3 Å². The van der Waals surface area contributed by atoms with Crippen molar-refractivity contribution < 1.29 is 4.74 Å². The third kappa shape index (κ3) is 3.07. The molecule has 0 amide bonds. The van der Waals surface area contributed by atoms with Crippen LogP contribution >= 0.6 is 11.3 Å². The first kappa shape index (κ1) is 17.6. The monoisotopic (exact) mass is 384 g/mol. The molecule has 0 radical (unpaired) electrons. The van der Waals surface area contributed by atoms with Gasteiger partial charge >= 0.3 is 11.7 Å². The number of hydrogen-bond acceptors (Lipinski definition) is 7. The summed E-state index contributed by atoms with van der Waals surface area (Å²) in [4.78, 5) is 24.5. The largest absolute Gasteiger partial charge is 0.467 e. The molecule has 0 aliphatic carbocycles. The van der Waals surface area contributed by atoms with E-state index in [2.05, 4.69) is 32.0 Å². The van der Waals surface area contributed by atoms with Crippen molar-refractivity contribution in [3.8, 4) is 23.5 Å². The van der Waals surface area contributed by atoms with Gasteiger partial charge in [-0.2, -0.15) is 21.3 Å². The highest BCUT2D eigenvalue weighted by Gasteiger charge is 2.25. The van der Waals surface area contributed by atoms with Gasteiger partial charge in [-0.15, -0.1) is 5.92 Å². The Morgan fingerprint density at radius 3 is 2.81 bits per heavy atom. The van der Waals surface area contributed by atoms with Crippen LogP contribution in [0.5, 0.6) is 6.01 Å². The highest BCUT2D eigenvalue weighted by atomic mass is 32.1. The van der Waals surface area contributed by atoms with Gasteiger partial charge in [-0.1, -0.05) is 5.92 Å². The van der Waals surface area contributed by atoms with E-state index in [0.717, 1.165) is 31.9 Å². The van der Waals surface area contributed by atoms with Gasteiger partial charge in [0, 0.05) is 31.6 Å². The van der Waals surface area contributed by atoms with Gasteiger partial charge in [0.15, 0.2) is 11.5 Å². The predicted molar refractivity (Wildman–Crippen MR) is 106 cm³/mol.